The lowest BCUT2D eigenvalue weighted by Crippen LogP contribution is -2.00. The largest absolute Gasteiger partial charge is 0.398 e. The molecule has 0 rings (SSSR count). The van der Waals surface area contributed by atoms with E-state index in [4.69, 9.17) is 11.1 Å². The van der Waals surface area contributed by atoms with Gasteiger partial charge in [0, 0.05) is 17.5 Å². The van der Waals surface area contributed by atoms with E-state index < -0.39 is 0 Å². The number of nitrogens with two attached hydrogens (primary N) is 1. The van der Waals surface area contributed by atoms with Gasteiger partial charge in [0.05, 0.1) is 0 Å². The summed E-state index contributed by atoms with van der Waals surface area (Å²) in [6.07, 6.45) is 6.26. The summed E-state index contributed by atoms with van der Waals surface area (Å²) < 4.78 is 0. The SMILES string of the molecule is C=C/C=C(N)\C(C=N)=C/C. The van der Waals surface area contributed by atoms with E-state index in [2.05, 4.69) is 6.58 Å². The summed E-state index contributed by atoms with van der Waals surface area (Å²) in [7, 11) is 0. The van der Waals surface area contributed by atoms with Crippen LogP contribution in [0.5, 0.6) is 0 Å². The first-order valence-electron chi connectivity index (χ1n) is 3.01. The fourth-order valence-corrected chi connectivity index (χ4v) is 0.557. The predicted molar refractivity (Wildman–Crippen MR) is 45.0 cm³/mol. The molecule has 0 saturated heterocycles. The van der Waals surface area contributed by atoms with Crippen LogP contribution in [-0.2, 0) is 0 Å². The van der Waals surface area contributed by atoms with Gasteiger partial charge in [-0.3, -0.25) is 0 Å². The Morgan fingerprint density at radius 3 is 2.50 bits per heavy atom. The minimum atomic E-state index is 0.576. The molecule has 0 aliphatic rings. The van der Waals surface area contributed by atoms with Crippen LogP contribution < -0.4 is 5.73 Å². The Labute approximate surface area is 61.3 Å². The molecular formula is C8H12N2. The maximum atomic E-state index is 6.92. The van der Waals surface area contributed by atoms with Crippen LogP contribution in [0.15, 0.2) is 36.1 Å². The van der Waals surface area contributed by atoms with E-state index in [0.29, 0.717) is 5.70 Å². The summed E-state index contributed by atoms with van der Waals surface area (Å²) in [6, 6.07) is 0. The van der Waals surface area contributed by atoms with E-state index in [1.807, 2.05) is 6.92 Å². The molecule has 0 heterocycles. The molecule has 0 aromatic rings. The standard InChI is InChI=1S/C8H12N2/c1-3-5-8(10)7(4-2)6-9/h3-6,9H,1,10H2,2H3/b7-4-,8-5+,9-6?. The topological polar surface area (TPSA) is 49.9 Å². The molecule has 10 heavy (non-hydrogen) atoms. The van der Waals surface area contributed by atoms with Crippen molar-refractivity contribution in [2.75, 3.05) is 0 Å². The fourth-order valence-electron chi connectivity index (χ4n) is 0.557. The highest BCUT2D eigenvalue weighted by Crippen LogP contribution is 1.99. The first kappa shape index (κ1) is 8.69. The Balaban J connectivity index is 4.45. The molecule has 54 valence electrons. The van der Waals surface area contributed by atoms with E-state index in [1.165, 1.54) is 6.21 Å². The first-order chi connectivity index (χ1) is 4.76. The van der Waals surface area contributed by atoms with Crippen molar-refractivity contribution in [2.45, 2.75) is 6.92 Å². The number of nitrogens with one attached hydrogen (secondary N) is 1. The molecule has 0 aliphatic carbocycles. The molecule has 0 unspecified atom stereocenters. The monoisotopic (exact) mass is 136 g/mol. The second-order valence-corrected chi connectivity index (χ2v) is 1.75. The molecule has 0 spiro atoms. The van der Waals surface area contributed by atoms with Gasteiger partial charge in [0.25, 0.3) is 0 Å². The van der Waals surface area contributed by atoms with Gasteiger partial charge in [-0.15, -0.1) is 0 Å². The van der Waals surface area contributed by atoms with Gasteiger partial charge in [0.1, 0.15) is 0 Å². The Morgan fingerprint density at radius 2 is 2.20 bits per heavy atom. The minimum absolute atomic E-state index is 0.576. The number of rotatable bonds is 3. The first-order valence-corrected chi connectivity index (χ1v) is 3.01. The smallest absolute Gasteiger partial charge is 0.0399 e. The van der Waals surface area contributed by atoms with Crippen molar-refractivity contribution < 1.29 is 0 Å². The lowest BCUT2D eigenvalue weighted by molar-refractivity contribution is 1.36. The van der Waals surface area contributed by atoms with Crippen LogP contribution in [0.1, 0.15) is 6.92 Å². The summed E-state index contributed by atoms with van der Waals surface area (Å²) >= 11 is 0. The van der Waals surface area contributed by atoms with E-state index >= 15 is 0 Å². The van der Waals surface area contributed by atoms with Crippen LogP contribution >= 0.6 is 0 Å². The van der Waals surface area contributed by atoms with Crippen LogP contribution in [0.4, 0.5) is 0 Å². The molecule has 0 bridgehead atoms. The second kappa shape index (κ2) is 4.56. The van der Waals surface area contributed by atoms with Crippen molar-refractivity contribution in [3.63, 3.8) is 0 Å². The molecule has 0 aromatic heterocycles. The van der Waals surface area contributed by atoms with Crippen LogP contribution in [0.25, 0.3) is 0 Å². The third-order valence-electron chi connectivity index (χ3n) is 1.10. The average Bonchev–Trinajstić information content (AvgIpc) is 1.91. The van der Waals surface area contributed by atoms with Gasteiger partial charge in [0.2, 0.25) is 0 Å². The molecule has 0 radical (unpaired) electrons. The zero-order chi connectivity index (χ0) is 7.98. The van der Waals surface area contributed by atoms with Gasteiger partial charge in [0.15, 0.2) is 0 Å². The van der Waals surface area contributed by atoms with Gasteiger partial charge in [-0.1, -0.05) is 18.7 Å². The molecule has 0 aliphatic heterocycles. The van der Waals surface area contributed by atoms with Gasteiger partial charge >= 0.3 is 0 Å². The summed E-state index contributed by atoms with van der Waals surface area (Å²) in [5, 5.41) is 6.92. The van der Waals surface area contributed by atoms with E-state index in [9.17, 15) is 0 Å². The van der Waals surface area contributed by atoms with E-state index in [-0.39, 0.29) is 0 Å². The van der Waals surface area contributed by atoms with Crippen LogP contribution in [0, 0.1) is 5.41 Å². The van der Waals surface area contributed by atoms with Gasteiger partial charge in [-0.25, -0.2) is 0 Å². The van der Waals surface area contributed by atoms with Crippen LogP contribution in [0.2, 0.25) is 0 Å². The van der Waals surface area contributed by atoms with Crippen LogP contribution in [-0.4, -0.2) is 6.21 Å². The highest BCUT2D eigenvalue weighted by molar-refractivity contribution is 5.81. The maximum absolute atomic E-state index is 6.92. The number of allylic oxidation sites excluding steroid dienone is 4. The zero-order valence-corrected chi connectivity index (χ0v) is 6.09. The van der Waals surface area contributed by atoms with Gasteiger partial charge < -0.3 is 11.1 Å². The van der Waals surface area contributed by atoms with Crippen molar-refractivity contribution in [3.8, 4) is 0 Å². The molecule has 0 amide bonds. The minimum Gasteiger partial charge on any atom is -0.398 e. The molecule has 0 saturated carbocycles. The second-order valence-electron chi connectivity index (χ2n) is 1.75. The summed E-state index contributed by atoms with van der Waals surface area (Å²) in [4.78, 5) is 0. The fraction of sp³-hybridized carbons (Fsp3) is 0.125. The normalized spacial score (nSPS) is 12.9. The van der Waals surface area contributed by atoms with Crippen molar-refractivity contribution in [1.29, 1.82) is 5.41 Å². The Kier molecular flexibility index (Phi) is 3.96. The van der Waals surface area contributed by atoms with Crippen molar-refractivity contribution in [1.82, 2.24) is 0 Å². The quantitative estimate of drug-likeness (QED) is 0.449. The van der Waals surface area contributed by atoms with Gasteiger partial charge in [-0.05, 0) is 13.0 Å². The van der Waals surface area contributed by atoms with E-state index in [1.54, 1.807) is 18.2 Å². The lowest BCUT2D eigenvalue weighted by atomic mass is 10.2. The maximum Gasteiger partial charge on any atom is 0.0399 e. The Hall–Kier alpha value is -1.31. The Bertz CT molecular complexity index is 187. The average molecular weight is 136 g/mol. The molecule has 0 aromatic carbocycles. The third-order valence-corrected chi connectivity index (χ3v) is 1.10. The number of hydrogen-bond acceptors (Lipinski definition) is 2. The predicted octanol–water partition coefficient (Wildman–Crippen LogP) is 1.61. The van der Waals surface area contributed by atoms with E-state index in [0.717, 1.165) is 5.57 Å². The number of hydrogen-bond donors (Lipinski definition) is 2. The van der Waals surface area contributed by atoms with Crippen molar-refractivity contribution in [3.05, 3.63) is 36.1 Å². The van der Waals surface area contributed by atoms with Crippen LogP contribution in [0.3, 0.4) is 0 Å². The molecule has 2 heteroatoms. The Morgan fingerprint density at radius 1 is 1.60 bits per heavy atom. The summed E-state index contributed by atoms with van der Waals surface area (Å²) in [5.41, 5.74) is 6.82. The van der Waals surface area contributed by atoms with Crippen molar-refractivity contribution >= 4 is 6.21 Å². The highest BCUT2D eigenvalue weighted by Gasteiger charge is 1.91. The molecule has 0 fully saturated rings. The molecule has 0 atom stereocenters. The highest BCUT2D eigenvalue weighted by atomic mass is 14.6. The molecule has 3 N–H and O–H groups in total. The zero-order valence-electron chi connectivity index (χ0n) is 6.09. The third kappa shape index (κ3) is 2.31. The molecular weight excluding hydrogens is 124 g/mol. The molecule has 2 nitrogen and oxygen atoms in total. The summed E-state index contributed by atoms with van der Waals surface area (Å²) in [5.74, 6) is 0. The van der Waals surface area contributed by atoms with Crippen molar-refractivity contribution in [2.24, 2.45) is 5.73 Å². The van der Waals surface area contributed by atoms with Gasteiger partial charge in [-0.2, -0.15) is 0 Å². The lowest BCUT2D eigenvalue weighted by Gasteiger charge is -1.96. The summed E-state index contributed by atoms with van der Waals surface area (Å²) in [6.45, 7) is 5.33.